The monoisotopic (exact) mass is 522 g/mol. The summed E-state index contributed by atoms with van der Waals surface area (Å²) >= 11 is 3.30. The Hall–Kier alpha value is -2.47. The molecular formula is C21H23BrN4O5S. The Morgan fingerprint density at radius 1 is 1.16 bits per heavy atom. The molecule has 0 spiro atoms. The molecule has 0 atom stereocenters. The Morgan fingerprint density at radius 3 is 2.72 bits per heavy atom. The minimum Gasteiger partial charge on any atom is -0.493 e. The molecular weight excluding hydrogens is 500 g/mol. The number of sulfonamides is 1. The maximum absolute atomic E-state index is 12.8. The third kappa shape index (κ3) is 5.29. The van der Waals surface area contributed by atoms with Crippen molar-refractivity contribution in [2.75, 3.05) is 51.3 Å². The highest BCUT2D eigenvalue weighted by Gasteiger charge is 2.19. The number of anilines is 1. The molecule has 1 aliphatic heterocycles. The highest BCUT2D eigenvalue weighted by atomic mass is 79.9. The first kappa shape index (κ1) is 22.7. The Labute approximate surface area is 194 Å². The molecule has 1 aliphatic rings. The van der Waals surface area contributed by atoms with Gasteiger partial charge in [0.2, 0.25) is 0 Å². The number of hydrogen-bond acceptors (Lipinski definition) is 8. The maximum Gasteiger partial charge on any atom is 0.263 e. The van der Waals surface area contributed by atoms with Gasteiger partial charge in [-0.3, -0.25) is 9.62 Å². The smallest absolute Gasteiger partial charge is 0.263 e. The van der Waals surface area contributed by atoms with E-state index in [-0.39, 0.29) is 10.7 Å². The summed E-state index contributed by atoms with van der Waals surface area (Å²) in [6.07, 6.45) is 1.31. The molecule has 9 nitrogen and oxygen atoms in total. The minimum atomic E-state index is -3.84. The topological polar surface area (TPSA) is 103 Å². The summed E-state index contributed by atoms with van der Waals surface area (Å²) in [4.78, 5) is 10.8. The number of halogens is 1. The molecule has 1 aromatic heterocycles. The van der Waals surface area contributed by atoms with E-state index in [9.17, 15) is 8.42 Å². The standard InChI is InChI=1S/C21H23BrN4O5S/c1-29-19-12-17-18(13-20(19)31-10-7-26-5-8-30-9-6-26)23-14-24-21(17)25-32(27,28)16-4-2-3-15(22)11-16/h2-4,11-14H,5-10H2,1H3,(H,23,24,25). The van der Waals surface area contributed by atoms with Crippen LogP contribution >= 0.6 is 15.9 Å². The van der Waals surface area contributed by atoms with Crippen molar-refractivity contribution < 1.29 is 22.6 Å². The van der Waals surface area contributed by atoms with Crippen molar-refractivity contribution in [3.63, 3.8) is 0 Å². The number of morpholine rings is 1. The van der Waals surface area contributed by atoms with Crippen LogP contribution < -0.4 is 14.2 Å². The lowest BCUT2D eigenvalue weighted by Gasteiger charge is -2.26. The van der Waals surface area contributed by atoms with Crippen LogP contribution in [0.5, 0.6) is 11.5 Å². The van der Waals surface area contributed by atoms with Gasteiger partial charge in [0, 0.05) is 35.6 Å². The van der Waals surface area contributed by atoms with Crippen LogP contribution in [0.3, 0.4) is 0 Å². The van der Waals surface area contributed by atoms with Crippen molar-refractivity contribution in [1.29, 1.82) is 0 Å². The third-order valence-corrected chi connectivity index (χ3v) is 6.86. The Bertz CT molecular complexity index is 1200. The first-order valence-corrected chi connectivity index (χ1v) is 12.3. The molecule has 1 N–H and O–H groups in total. The molecule has 11 heteroatoms. The van der Waals surface area contributed by atoms with Crippen LogP contribution in [0.2, 0.25) is 0 Å². The lowest BCUT2D eigenvalue weighted by atomic mass is 10.2. The van der Waals surface area contributed by atoms with E-state index in [1.54, 1.807) is 24.3 Å². The van der Waals surface area contributed by atoms with E-state index < -0.39 is 10.0 Å². The van der Waals surface area contributed by atoms with Gasteiger partial charge in [-0.1, -0.05) is 22.0 Å². The van der Waals surface area contributed by atoms with Crippen molar-refractivity contribution in [3.8, 4) is 11.5 Å². The summed E-state index contributed by atoms with van der Waals surface area (Å²) in [5.74, 6) is 1.16. The molecule has 32 heavy (non-hydrogen) atoms. The van der Waals surface area contributed by atoms with Crippen molar-refractivity contribution in [3.05, 3.63) is 47.2 Å². The van der Waals surface area contributed by atoms with E-state index in [0.29, 0.717) is 33.5 Å². The average molecular weight is 523 g/mol. The number of methoxy groups -OCH3 is 1. The van der Waals surface area contributed by atoms with Crippen molar-refractivity contribution >= 4 is 42.7 Å². The van der Waals surface area contributed by atoms with E-state index in [4.69, 9.17) is 14.2 Å². The molecule has 3 aromatic rings. The molecule has 1 fully saturated rings. The zero-order valence-corrected chi connectivity index (χ0v) is 19.9. The van der Waals surface area contributed by atoms with Gasteiger partial charge in [-0.05, 0) is 24.3 Å². The second kappa shape index (κ2) is 9.99. The summed E-state index contributed by atoms with van der Waals surface area (Å²) in [5.41, 5.74) is 0.536. The highest BCUT2D eigenvalue weighted by molar-refractivity contribution is 9.10. The fraction of sp³-hybridized carbons (Fsp3) is 0.333. The molecule has 0 radical (unpaired) electrons. The summed E-state index contributed by atoms with van der Waals surface area (Å²) in [5, 5.41) is 0.503. The molecule has 0 amide bonds. The maximum atomic E-state index is 12.8. The van der Waals surface area contributed by atoms with Crippen LogP contribution in [0.4, 0.5) is 5.82 Å². The predicted octanol–water partition coefficient (Wildman–Crippen LogP) is 2.91. The van der Waals surface area contributed by atoms with Crippen LogP contribution in [0.25, 0.3) is 10.9 Å². The quantitative estimate of drug-likeness (QED) is 0.481. The normalized spacial score (nSPS) is 14.9. The summed E-state index contributed by atoms with van der Waals surface area (Å²) < 4.78 is 45.7. The van der Waals surface area contributed by atoms with E-state index in [1.807, 2.05) is 0 Å². The van der Waals surface area contributed by atoms with Crippen molar-refractivity contribution in [1.82, 2.24) is 14.9 Å². The summed E-state index contributed by atoms with van der Waals surface area (Å²) in [7, 11) is -2.31. The summed E-state index contributed by atoms with van der Waals surface area (Å²) in [6, 6.07) is 9.85. The number of benzene rings is 2. The molecule has 0 aliphatic carbocycles. The number of aromatic nitrogens is 2. The second-order valence-electron chi connectivity index (χ2n) is 7.11. The molecule has 2 aromatic carbocycles. The SMILES string of the molecule is COc1cc2c(NS(=O)(=O)c3cccc(Br)c3)ncnc2cc1OCCN1CCOCC1. The van der Waals surface area contributed by atoms with E-state index in [0.717, 1.165) is 32.8 Å². The Kier molecular flexibility index (Phi) is 7.09. The lowest BCUT2D eigenvalue weighted by Crippen LogP contribution is -2.38. The number of nitrogens with zero attached hydrogens (tertiary/aromatic N) is 3. The molecule has 2 heterocycles. The van der Waals surface area contributed by atoms with Gasteiger partial charge < -0.3 is 14.2 Å². The van der Waals surface area contributed by atoms with Gasteiger partial charge in [0.05, 0.1) is 30.7 Å². The number of nitrogens with one attached hydrogen (secondary N) is 1. The minimum absolute atomic E-state index is 0.119. The van der Waals surface area contributed by atoms with Gasteiger partial charge >= 0.3 is 0 Å². The van der Waals surface area contributed by atoms with Crippen molar-refractivity contribution in [2.45, 2.75) is 4.90 Å². The first-order valence-electron chi connectivity index (χ1n) is 10.0. The van der Waals surface area contributed by atoms with Crippen molar-refractivity contribution in [2.24, 2.45) is 0 Å². The van der Waals surface area contributed by atoms with Gasteiger partial charge in [-0.25, -0.2) is 18.4 Å². The average Bonchev–Trinajstić information content (AvgIpc) is 2.79. The zero-order valence-electron chi connectivity index (χ0n) is 17.5. The van der Waals surface area contributed by atoms with Crippen LogP contribution in [0.1, 0.15) is 0 Å². The van der Waals surface area contributed by atoms with Crippen LogP contribution in [-0.2, 0) is 14.8 Å². The fourth-order valence-corrected chi connectivity index (χ4v) is 4.97. The van der Waals surface area contributed by atoms with Crippen LogP contribution in [-0.4, -0.2) is 69.9 Å². The zero-order chi connectivity index (χ0) is 22.6. The molecule has 0 unspecified atom stereocenters. The highest BCUT2D eigenvalue weighted by Crippen LogP contribution is 2.34. The fourth-order valence-electron chi connectivity index (χ4n) is 3.35. The van der Waals surface area contributed by atoms with E-state index in [1.165, 1.54) is 25.6 Å². The summed E-state index contributed by atoms with van der Waals surface area (Å²) in [6.45, 7) is 4.48. The molecule has 1 saturated heterocycles. The predicted molar refractivity (Wildman–Crippen MR) is 124 cm³/mol. The van der Waals surface area contributed by atoms with Gasteiger partial charge in [0.25, 0.3) is 10.0 Å². The molecule has 4 rings (SSSR count). The number of fused-ring (bicyclic) bond motifs is 1. The first-order chi connectivity index (χ1) is 15.5. The lowest BCUT2D eigenvalue weighted by molar-refractivity contribution is 0.0321. The van der Waals surface area contributed by atoms with E-state index >= 15 is 0 Å². The van der Waals surface area contributed by atoms with Gasteiger partial charge in [0.15, 0.2) is 17.3 Å². The van der Waals surface area contributed by atoms with Gasteiger partial charge in [-0.2, -0.15) is 0 Å². The molecule has 0 saturated carbocycles. The van der Waals surface area contributed by atoms with Gasteiger partial charge in [-0.15, -0.1) is 0 Å². The van der Waals surface area contributed by atoms with E-state index in [2.05, 4.69) is 35.5 Å². The molecule has 170 valence electrons. The van der Waals surface area contributed by atoms with Gasteiger partial charge in [0.1, 0.15) is 12.9 Å². The Morgan fingerprint density at radius 2 is 1.97 bits per heavy atom. The third-order valence-electron chi connectivity index (χ3n) is 5.03. The number of ether oxygens (including phenoxy) is 3. The number of rotatable bonds is 8. The van der Waals surface area contributed by atoms with Crippen LogP contribution in [0.15, 0.2) is 52.1 Å². The largest absolute Gasteiger partial charge is 0.493 e. The number of hydrogen-bond donors (Lipinski definition) is 1. The van der Waals surface area contributed by atoms with Crippen LogP contribution in [0, 0.1) is 0 Å². The second-order valence-corrected chi connectivity index (χ2v) is 9.71. The molecule has 0 bridgehead atoms. The Balaban J connectivity index is 1.57.